The Hall–Kier alpha value is -2.82. The summed E-state index contributed by atoms with van der Waals surface area (Å²) in [6.45, 7) is 1.98. The van der Waals surface area contributed by atoms with Gasteiger partial charge in [0.15, 0.2) is 0 Å². The van der Waals surface area contributed by atoms with E-state index in [0.29, 0.717) is 6.42 Å². The van der Waals surface area contributed by atoms with E-state index < -0.39 is 11.8 Å². The first-order chi connectivity index (χ1) is 12.6. The van der Waals surface area contributed by atoms with Crippen LogP contribution in [0.15, 0.2) is 42.5 Å². The number of carbonyl (C=O) groups is 2. The van der Waals surface area contributed by atoms with Crippen LogP contribution in [0.1, 0.15) is 48.9 Å². The molecule has 2 amide bonds. The SMILES string of the molecule is CCC(NC(=O)C(=O)Nc1ccccc1O)c1ccc2c(c1)CCCC2. The number of hydrogen-bond acceptors (Lipinski definition) is 3. The van der Waals surface area contributed by atoms with Crippen molar-refractivity contribution >= 4 is 17.5 Å². The van der Waals surface area contributed by atoms with Crippen molar-refractivity contribution in [2.24, 2.45) is 0 Å². The molecule has 1 unspecified atom stereocenters. The van der Waals surface area contributed by atoms with Crippen LogP contribution in [-0.2, 0) is 22.4 Å². The largest absolute Gasteiger partial charge is 0.506 e. The number of anilines is 1. The van der Waals surface area contributed by atoms with Gasteiger partial charge in [0, 0.05) is 0 Å². The summed E-state index contributed by atoms with van der Waals surface area (Å²) < 4.78 is 0. The average molecular weight is 352 g/mol. The van der Waals surface area contributed by atoms with Gasteiger partial charge in [0.1, 0.15) is 5.75 Å². The second kappa shape index (κ2) is 8.04. The Kier molecular flexibility index (Phi) is 5.56. The van der Waals surface area contributed by atoms with Gasteiger partial charge in [-0.15, -0.1) is 0 Å². The molecular formula is C21H24N2O3. The van der Waals surface area contributed by atoms with E-state index in [2.05, 4.69) is 22.8 Å². The summed E-state index contributed by atoms with van der Waals surface area (Å²) in [6.07, 6.45) is 5.30. The van der Waals surface area contributed by atoms with Gasteiger partial charge >= 0.3 is 11.8 Å². The predicted molar refractivity (Wildman–Crippen MR) is 101 cm³/mol. The number of phenolic OH excluding ortho intramolecular Hbond substituents is 1. The van der Waals surface area contributed by atoms with E-state index in [1.54, 1.807) is 18.2 Å². The lowest BCUT2D eigenvalue weighted by atomic mass is 9.89. The van der Waals surface area contributed by atoms with Crippen LogP contribution in [0, 0.1) is 0 Å². The van der Waals surface area contributed by atoms with Gasteiger partial charge in [0.05, 0.1) is 11.7 Å². The molecule has 0 aliphatic heterocycles. The molecule has 1 atom stereocenters. The fourth-order valence-electron chi connectivity index (χ4n) is 3.37. The van der Waals surface area contributed by atoms with Gasteiger partial charge in [0.2, 0.25) is 0 Å². The standard InChI is InChI=1S/C21H24N2O3/c1-2-17(16-12-11-14-7-3-4-8-15(14)13-16)22-20(25)21(26)23-18-9-5-6-10-19(18)24/h5-6,9-13,17,24H,2-4,7-8H2,1H3,(H,22,25)(H,23,26). The molecule has 0 fully saturated rings. The summed E-state index contributed by atoms with van der Waals surface area (Å²) in [4.78, 5) is 24.4. The van der Waals surface area contributed by atoms with E-state index in [-0.39, 0.29) is 17.5 Å². The monoisotopic (exact) mass is 352 g/mol. The minimum absolute atomic E-state index is 0.0737. The zero-order valence-electron chi connectivity index (χ0n) is 14.9. The molecule has 26 heavy (non-hydrogen) atoms. The lowest BCUT2D eigenvalue weighted by Gasteiger charge is -2.21. The van der Waals surface area contributed by atoms with Gasteiger partial charge in [-0.3, -0.25) is 9.59 Å². The van der Waals surface area contributed by atoms with E-state index in [1.807, 2.05) is 13.0 Å². The van der Waals surface area contributed by atoms with Crippen molar-refractivity contribution in [3.8, 4) is 5.75 Å². The number of hydrogen-bond donors (Lipinski definition) is 3. The van der Waals surface area contributed by atoms with E-state index >= 15 is 0 Å². The Bertz CT molecular complexity index is 817. The molecule has 0 aromatic heterocycles. The summed E-state index contributed by atoms with van der Waals surface area (Å²) in [7, 11) is 0. The van der Waals surface area contributed by atoms with E-state index in [0.717, 1.165) is 18.4 Å². The van der Waals surface area contributed by atoms with Crippen molar-refractivity contribution < 1.29 is 14.7 Å². The second-order valence-electron chi connectivity index (χ2n) is 6.64. The molecule has 0 radical (unpaired) electrons. The van der Waals surface area contributed by atoms with Gasteiger partial charge in [0.25, 0.3) is 0 Å². The lowest BCUT2D eigenvalue weighted by Crippen LogP contribution is -2.37. The van der Waals surface area contributed by atoms with Crippen molar-refractivity contribution in [2.75, 3.05) is 5.32 Å². The Labute approximate surface area is 153 Å². The normalized spacial score (nSPS) is 14.2. The molecule has 3 N–H and O–H groups in total. The van der Waals surface area contributed by atoms with Crippen LogP contribution in [-0.4, -0.2) is 16.9 Å². The molecule has 1 aliphatic rings. The molecule has 1 aliphatic carbocycles. The third kappa shape index (κ3) is 4.04. The molecule has 2 aromatic rings. The Morgan fingerprint density at radius 1 is 1.04 bits per heavy atom. The minimum Gasteiger partial charge on any atom is -0.506 e. The molecule has 0 saturated carbocycles. The Balaban J connectivity index is 1.68. The number of amides is 2. The van der Waals surface area contributed by atoms with Crippen molar-refractivity contribution in [3.63, 3.8) is 0 Å². The number of carbonyl (C=O) groups excluding carboxylic acids is 2. The molecule has 3 rings (SSSR count). The molecule has 2 aromatic carbocycles. The zero-order valence-corrected chi connectivity index (χ0v) is 14.9. The second-order valence-corrected chi connectivity index (χ2v) is 6.64. The number of fused-ring (bicyclic) bond motifs is 1. The third-order valence-electron chi connectivity index (χ3n) is 4.85. The van der Waals surface area contributed by atoms with Crippen LogP contribution >= 0.6 is 0 Å². The molecule has 0 saturated heterocycles. The number of aromatic hydroxyl groups is 1. The van der Waals surface area contributed by atoms with E-state index in [9.17, 15) is 14.7 Å². The fourth-order valence-corrected chi connectivity index (χ4v) is 3.37. The maximum atomic E-state index is 12.3. The third-order valence-corrected chi connectivity index (χ3v) is 4.85. The summed E-state index contributed by atoms with van der Waals surface area (Å²) in [6, 6.07) is 12.4. The first kappa shape index (κ1) is 18.0. The topological polar surface area (TPSA) is 78.4 Å². The number of aryl methyl sites for hydroxylation is 2. The maximum absolute atomic E-state index is 12.3. The number of phenols is 1. The van der Waals surface area contributed by atoms with Crippen LogP contribution in [0.5, 0.6) is 5.75 Å². The van der Waals surface area contributed by atoms with Crippen LogP contribution in [0.3, 0.4) is 0 Å². The van der Waals surface area contributed by atoms with Gasteiger partial charge < -0.3 is 15.7 Å². The van der Waals surface area contributed by atoms with Crippen molar-refractivity contribution in [2.45, 2.75) is 45.1 Å². The van der Waals surface area contributed by atoms with Crippen LogP contribution in [0.4, 0.5) is 5.69 Å². The van der Waals surface area contributed by atoms with Gasteiger partial charge in [-0.05, 0) is 60.9 Å². The van der Waals surface area contributed by atoms with Crippen molar-refractivity contribution in [3.05, 3.63) is 59.2 Å². The van der Waals surface area contributed by atoms with Crippen LogP contribution in [0.25, 0.3) is 0 Å². The van der Waals surface area contributed by atoms with E-state index in [4.69, 9.17) is 0 Å². The highest BCUT2D eigenvalue weighted by Gasteiger charge is 2.21. The molecule has 136 valence electrons. The molecule has 0 bridgehead atoms. The highest BCUT2D eigenvalue weighted by atomic mass is 16.3. The summed E-state index contributed by atoms with van der Waals surface area (Å²) in [5.41, 5.74) is 3.98. The molecular weight excluding hydrogens is 328 g/mol. The Morgan fingerprint density at radius 2 is 1.77 bits per heavy atom. The Morgan fingerprint density at radius 3 is 2.50 bits per heavy atom. The van der Waals surface area contributed by atoms with Gasteiger partial charge in [-0.25, -0.2) is 0 Å². The average Bonchev–Trinajstić information content (AvgIpc) is 2.67. The highest BCUT2D eigenvalue weighted by Crippen LogP contribution is 2.26. The first-order valence-corrected chi connectivity index (χ1v) is 9.10. The first-order valence-electron chi connectivity index (χ1n) is 9.10. The number of rotatable bonds is 4. The number of nitrogens with one attached hydrogen (secondary N) is 2. The predicted octanol–water partition coefficient (Wildman–Crippen LogP) is 3.48. The van der Waals surface area contributed by atoms with Crippen molar-refractivity contribution in [1.29, 1.82) is 0 Å². The highest BCUT2D eigenvalue weighted by molar-refractivity contribution is 6.39. The minimum atomic E-state index is -0.789. The maximum Gasteiger partial charge on any atom is 0.313 e. The lowest BCUT2D eigenvalue weighted by molar-refractivity contribution is -0.136. The quantitative estimate of drug-likeness (QED) is 0.582. The van der Waals surface area contributed by atoms with Crippen molar-refractivity contribution in [1.82, 2.24) is 5.32 Å². The molecule has 0 spiro atoms. The summed E-state index contributed by atoms with van der Waals surface area (Å²) in [5.74, 6) is -1.57. The number of para-hydroxylation sites is 2. The van der Waals surface area contributed by atoms with E-state index in [1.165, 1.54) is 30.0 Å². The van der Waals surface area contributed by atoms with Crippen LogP contribution < -0.4 is 10.6 Å². The number of benzene rings is 2. The smallest absolute Gasteiger partial charge is 0.313 e. The molecule has 0 heterocycles. The summed E-state index contributed by atoms with van der Waals surface area (Å²) >= 11 is 0. The van der Waals surface area contributed by atoms with Gasteiger partial charge in [-0.1, -0.05) is 37.3 Å². The zero-order chi connectivity index (χ0) is 18.5. The van der Waals surface area contributed by atoms with Gasteiger partial charge in [-0.2, -0.15) is 0 Å². The fraction of sp³-hybridized carbons (Fsp3) is 0.333. The summed E-state index contributed by atoms with van der Waals surface area (Å²) in [5, 5.41) is 14.9. The van der Waals surface area contributed by atoms with Crippen LogP contribution in [0.2, 0.25) is 0 Å². The molecule has 5 nitrogen and oxygen atoms in total. The molecule has 5 heteroatoms.